The first-order valence-electron chi connectivity index (χ1n) is 13.6. The topological polar surface area (TPSA) is 97.8 Å². The smallest absolute Gasteiger partial charge is 0.295 e. The molecule has 0 aromatic heterocycles. The summed E-state index contributed by atoms with van der Waals surface area (Å²) in [6.07, 6.45) is 1.91. The molecule has 9 heteroatoms. The number of hydrogen-bond donors (Lipinski definition) is 1. The van der Waals surface area contributed by atoms with Crippen molar-refractivity contribution in [1.29, 1.82) is 0 Å². The second kappa shape index (κ2) is 12.9. The number of rotatable bonds is 12. The quantitative estimate of drug-likeness (QED) is 0.184. The lowest BCUT2D eigenvalue weighted by Crippen LogP contribution is -2.38. The average Bonchev–Trinajstić information content (AvgIpc) is 3.22. The van der Waals surface area contributed by atoms with Gasteiger partial charge in [0.15, 0.2) is 23.0 Å². The van der Waals surface area contributed by atoms with Crippen molar-refractivity contribution >= 4 is 17.4 Å². The number of likely N-dealkylation sites (tertiary alicyclic amines) is 1. The summed E-state index contributed by atoms with van der Waals surface area (Å²) in [6.45, 7) is 10.1. The van der Waals surface area contributed by atoms with Crippen molar-refractivity contribution in [2.75, 3.05) is 53.1 Å². The van der Waals surface area contributed by atoms with Crippen molar-refractivity contribution in [3.8, 4) is 23.0 Å². The number of likely N-dealkylation sites (N-methyl/N-ethyl adjacent to an activating group) is 1. The van der Waals surface area contributed by atoms with Crippen LogP contribution < -0.4 is 18.9 Å². The first-order chi connectivity index (χ1) is 18.9. The first kappa shape index (κ1) is 28.3. The van der Waals surface area contributed by atoms with E-state index in [2.05, 4.69) is 25.7 Å². The van der Waals surface area contributed by atoms with E-state index in [1.807, 2.05) is 6.07 Å². The van der Waals surface area contributed by atoms with Crippen LogP contribution in [0, 0.1) is 0 Å². The number of Topliss-reactive ketones (excluding diaryl/α,β-unsaturated/α-hetero) is 1. The fourth-order valence-corrected chi connectivity index (χ4v) is 4.89. The molecule has 0 saturated carbocycles. The minimum absolute atomic E-state index is 0.0259. The van der Waals surface area contributed by atoms with Crippen molar-refractivity contribution in [3.63, 3.8) is 0 Å². The van der Waals surface area contributed by atoms with Crippen LogP contribution in [0.1, 0.15) is 50.8 Å². The highest BCUT2D eigenvalue weighted by Gasteiger charge is 2.46. The van der Waals surface area contributed by atoms with E-state index in [0.29, 0.717) is 67.0 Å². The summed E-state index contributed by atoms with van der Waals surface area (Å²) in [7, 11) is 1.55. The Labute approximate surface area is 229 Å². The van der Waals surface area contributed by atoms with Crippen molar-refractivity contribution in [3.05, 3.63) is 53.1 Å². The highest BCUT2D eigenvalue weighted by molar-refractivity contribution is 6.46. The Bertz CT molecular complexity index is 1220. The van der Waals surface area contributed by atoms with Gasteiger partial charge in [-0.15, -0.1) is 0 Å². The van der Waals surface area contributed by atoms with Gasteiger partial charge in [0.2, 0.25) is 0 Å². The maximum atomic E-state index is 13.4. The van der Waals surface area contributed by atoms with Gasteiger partial charge in [-0.25, -0.2) is 0 Å². The number of methoxy groups -OCH3 is 1. The Morgan fingerprint density at radius 2 is 1.77 bits per heavy atom. The summed E-state index contributed by atoms with van der Waals surface area (Å²) in [5, 5.41) is 11.5. The molecule has 0 unspecified atom stereocenters. The fourth-order valence-electron chi connectivity index (χ4n) is 4.89. The number of aliphatic hydroxyl groups excluding tert-OH is 1. The summed E-state index contributed by atoms with van der Waals surface area (Å²) < 4.78 is 22.8. The second-order valence-corrected chi connectivity index (χ2v) is 9.49. The molecule has 2 aromatic rings. The van der Waals surface area contributed by atoms with Crippen LogP contribution >= 0.6 is 0 Å². The molecule has 2 aromatic carbocycles. The van der Waals surface area contributed by atoms with Gasteiger partial charge in [-0.2, -0.15) is 0 Å². The Balaban J connectivity index is 1.78. The van der Waals surface area contributed by atoms with Gasteiger partial charge in [0, 0.05) is 18.7 Å². The van der Waals surface area contributed by atoms with Crippen LogP contribution in [-0.4, -0.2) is 79.7 Å². The molecule has 0 radical (unpaired) electrons. The zero-order chi connectivity index (χ0) is 27.9. The number of nitrogens with zero attached hydrogens (tertiary/aromatic N) is 2. The molecule has 2 heterocycles. The number of aliphatic hydroxyl groups is 1. The minimum atomic E-state index is -0.799. The first-order valence-corrected chi connectivity index (χ1v) is 13.6. The number of amides is 1. The van der Waals surface area contributed by atoms with Crippen LogP contribution in [0.5, 0.6) is 23.0 Å². The molecule has 9 nitrogen and oxygen atoms in total. The predicted octanol–water partition coefficient (Wildman–Crippen LogP) is 4.41. The van der Waals surface area contributed by atoms with Crippen LogP contribution in [0.15, 0.2) is 42.0 Å². The van der Waals surface area contributed by atoms with E-state index < -0.39 is 17.7 Å². The molecule has 1 N–H and O–H groups in total. The van der Waals surface area contributed by atoms with E-state index in [-0.39, 0.29) is 11.3 Å². The Hall–Kier alpha value is -3.72. The molecular formula is C30H38N2O7. The van der Waals surface area contributed by atoms with E-state index in [1.54, 1.807) is 37.4 Å². The monoisotopic (exact) mass is 538 g/mol. The maximum Gasteiger partial charge on any atom is 0.295 e. The second-order valence-electron chi connectivity index (χ2n) is 9.49. The number of fused-ring (bicyclic) bond motifs is 1. The Kier molecular flexibility index (Phi) is 9.35. The summed E-state index contributed by atoms with van der Waals surface area (Å²) in [6, 6.07) is 9.58. The van der Waals surface area contributed by atoms with Gasteiger partial charge in [-0.3, -0.25) is 9.59 Å². The molecule has 1 saturated heterocycles. The van der Waals surface area contributed by atoms with Crippen LogP contribution in [-0.2, 0) is 9.59 Å². The van der Waals surface area contributed by atoms with Crippen LogP contribution in [0.25, 0.3) is 5.76 Å². The average molecular weight is 539 g/mol. The van der Waals surface area contributed by atoms with Gasteiger partial charge in [-0.05, 0) is 55.4 Å². The lowest BCUT2D eigenvalue weighted by atomic mass is 9.94. The van der Waals surface area contributed by atoms with E-state index in [0.717, 1.165) is 25.9 Å². The van der Waals surface area contributed by atoms with Gasteiger partial charge in [0.1, 0.15) is 19.0 Å². The number of carbonyl (C=O) groups excluding carboxylic acids is 2. The standard InChI is InChI=1S/C30H38N2O7/c1-5-8-15-37-22-11-9-20(18-24(22)36-4)27-26(29(34)30(35)32(27)14-13-31(6-2)7-3)28(33)21-10-12-23-25(19-21)39-17-16-38-23/h9-12,18-19,27,33H,5-8,13-17H2,1-4H3/t27-/m1/s1. The van der Waals surface area contributed by atoms with Crippen LogP contribution in [0.2, 0.25) is 0 Å². The molecule has 2 aliphatic heterocycles. The molecule has 0 bridgehead atoms. The predicted molar refractivity (Wildman–Crippen MR) is 148 cm³/mol. The largest absolute Gasteiger partial charge is 0.507 e. The van der Waals surface area contributed by atoms with Crippen molar-refractivity contribution < 1.29 is 33.6 Å². The molecule has 210 valence electrons. The number of ether oxygens (including phenoxy) is 4. The van der Waals surface area contributed by atoms with E-state index in [1.165, 1.54) is 4.90 Å². The fraction of sp³-hybridized carbons (Fsp3) is 0.467. The molecule has 1 fully saturated rings. The van der Waals surface area contributed by atoms with Gasteiger partial charge in [-0.1, -0.05) is 33.3 Å². The zero-order valence-corrected chi connectivity index (χ0v) is 23.2. The van der Waals surface area contributed by atoms with E-state index in [4.69, 9.17) is 18.9 Å². The highest BCUT2D eigenvalue weighted by Crippen LogP contribution is 2.43. The molecule has 2 aliphatic rings. The molecular weight excluding hydrogens is 500 g/mol. The number of hydrogen-bond acceptors (Lipinski definition) is 8. The normalized spacial score (nSPS) is 18.1. The van der Waals surface area contributed by atoms with E-state index in [9.17, 15) is 14.7 Å². The number of unbranched alkanes of at least 4 members (excludes halogenated alkanes) is 1. The van der Waals surface area contributed by atoms with Crippen LogP contribution in [0.4, 0.5) is 0 Å². The van der Waals surface area contributed by atoms with Gasteiger partial charge in [0.25, 0.3) is 11.7 Å². The molecule has 39 heavy (non-hydrogen) atoms. The summed E-state index contributed by atoms with van der Waals surface area (Å²) >= 11 is 0. The zero-order valence-electron chi connectivity index (χ0n) is 23.2. The Morgan fingerprint density at radius 3 is 2.46 bits per heavy atom. The number of carbonyl (C=O) groups is 2. The van der Waals surface area contributed by atoms with Crippen molar-refractivity contribution in [2.24, 2.45) is 0 Å². The lowest BCUT2D eigenvalue weighted by molar-refractivity contribution is -0.140. The molecule has 0 spiro atoms. The van der Waals surface area contributed by atoms with Gasteiger partial charge >= 0.3 is 0 Å². The molecule has 1 amide bonds. The number of ketones is 1. The maximum absolute atomic E-state index is 13.4. The third-order valence-electron chi connectivity index (χ3n) is 7.17. The molecule has 4 rings (SSSR count). The third-order valence-corrected chi connectivity index (χ3v) is 7.17. The minimum Gasteiger partial charge on any atom is -0.507 e. The SMILES string of the molecule is CCCCOc1ccc([C@@H]2C(=C(O)c3ccc4c(c3)OCCO4)C(=O)C(=O)N2CCN(CC)CC)cc1OC. The number of benzene rings is 2. The summed E-state index contributed by atoms with van der Waals surface area (Å²) in [5.41, 5.74) is 1.04. The third kappa shape index (κ3) is 5.98. The van der Waals surface area contributed by atoms with Crippen LogP contribution in [0.3, 0.4) is 0 Å². The molecule has 1 atom stereocenters. The van der Waals surface area contributed by atoms with Gasteiger partial charge < -0.3 is 33.9 Å². The van der Waals surface area contributed by atoms with Crippen molar-refractivity contribution in [1.82, 2.24) is 9.80 Å². The lowest BCUT2D eigenvalue weighted by Gasteiger charge is -2.28. The van der Waals surface area contributed by atoms with E-state index >= 15 is 0 Å². The summed E-state index contributed by atoms with van der Waals surface area (Å²) in [4.78, 5) is 30.5. The van der Waals surface area contributed by atoms with Crippen molar-refractivity contribution in [2.45, 2.75) is 39.7 Å². The summed E-state index contributed by atoms with van der Waals surface area (Å²) in [5.74, 6) is 0.495. The Morgan fingerprint density at radius 1 is 1.03 bits per heavy atom. The van der Waals surface area contributed by atoms with Gasteiger partial charge in [0.05, 0.1) is 25.3 Å². The molecule has 0 aliphatic carbocycles. The highest BCUT2D eigenvalue weighted by atomic mass is 16.6.